The number of aryl methyl sites for hydroxylation is 2. The molecule has 5 rings (SSSR count). The van der Waals surface area contributed by atoms with Gasteiger partial charge in [0.1, 0.15) is 0 Å². The minimum atomic E-state index is -0.216. The minimum Gasteiger partial charge on any atom is -0.369 e. The molecule has 0 aliphatic rings. The van der Waals surface area contributed by atoms with Crippen LogP contribution in [0.1, 0.15) is 22.8 Å². The van der Waals surface area contributed by atoms with Gasteiger partial charge in [0.15, 0.2) is 5.78 Å². The van der Waals surface area contributed by atoms with E-state index >= 15 is 0 Å². The van der Waals surface area contributed by atoms with Crippen LogP contribution in [0.15, 0.2) is 77.9 Å². The first-order chi connectivity index (χ1) is 16.5. The number of nitrogens with two attached hydrogens (primary N) is 1. The number of Topliss-reactive ketones (excluding diaryl/α,β-unsaturated/α-hetero) is 1. The van der Waals surface area contributed by atoms with Gasteiger partial charge in [0.2, 0.25) is 5.95 Å². The van der Waals surface area contributed by atoms with Gasteiger partial charge in [-0.25, -0.2) is 9.67 Å². The Hall–Kier alpha value is -4.53. The quantitative estimate of drug-likeness (QED) is 0.379. The van der Waals surface area contributed by atoms with Gasteiger partial charge in [0.05, 0.1) is 36.0 Å². The molecule has 170 valence electrons. The van der Waals surface area contributed by atoms with Crippen molar-refractivity contribution in [2.45, 2.75) is 26.6 Å². The first-order valence-corrected chi connectivity index (χ1v) is 10.9. The number of hydrogen-bond acceptors (Lipinski definition) is 6. The van der Waals surface area contributed by atoms with Crippen LogP contribution in [0.25, 0.3) is 22.3 Å². The highest BCUT2D eigenvalue weighted by Crippen LogP contribution is 2.18. The highest BCUT2D eigenvalue weighted by molar-refractivity contribution is 5.94. The zero-order valence-corrected chi connectivity index (χ0v) is 18.6. The number of imidazole rings is 1. The van der Waals surface area contributed by atoms with Gasteiger partial charge in [0.25, 0.3) is 5.56 Å². The highest BCUT2D eigenvalue weighted by atomic mass is 16.1. The van der Waals surface area contributed by atoms with Crippen molar-refractivity contribution in [3.05, 3.63) is 94.5 Å². The molecule has 3 heterocycles. The molecule has 3 aromatic heterocycles. The fourth-order valence-corrected chi connectivity index (χ4v) is 3.93. The second kappa shape index (κ2) is 8.78. The van der Waals surface area contributed by atoms with Crippen molar-refractivity contribution in [3.63, 3.8) is 0 Å². The van der Waals surface area contributed by atoms with E-state index in [4.69, 9.17) is 5.73 Å². The van der Waals surface area contributed by atoms with Gasteiger partial charge in [-0.1, -0.05) is 30.3 Å². The van der Waals surface area contributed by atoms with Gasteiger partial charge in [-0.2, -0.15) is 10.2 Å². The molecule has 0 spiro atoms. The van der Waals surface area contributed by atoms with Gasteiger partial charge >= 0.3 is 0 Å². The first kappa shape index (κ1) is 21.3. The van der Waals surface area contributed by atoms with Crippen molar-refractivity contribution in [3.8, 4) is 11.3 Å². The van der Waals surface area contributed by atoms with Crippen LogP contribution in [0.3, 0.4) is 0 Å². The maximum atomic E-state index is 12.4. The Morgan fingerprint density at radius 2 is 1.88 bits per heavy atom. The smallest absolute Gasteiger partial charge is 0.267 e. The summed E-state index contributed by atoms with van der Waals surface area (Å²) in [6.07, 6.45) is 3.62. The predicted molar refractivity (Wildman–Crippen MR) is 129 cm³/mol. The lowest BCUT2D eigenvalue weighted by atomic mass is 10.1. The molecule has 5 aromatic rings. The van der Waals surface area contributed by atoms with Crippen LogP contribution < -0.4 is 11.3 Å². The lowest BCUT2D eigenvalue weighted by Gasteiger charge is -2.08. The Labute approximate surface area is 195 Å². The lowest BCUT2D eigenvalue weighted by Crippen LogP contribution is -2.22. The third-order valence-corrected chi connectivity index (χ3v) is 5.70. The van der Waals surface area contributed by atoms with Crippen LogP contribution in [0, 0.1) is 0 Å². The number of nitrogen functional groups attached to an aromatic ring is 1. The van der Waals surface area contributed by atoms with Crippen molar-refractivity contribution < 1.29 is 4.79 Å². The number of nitrogens with zero attached hydrogens (tertiary/aromatic N) is 6. The molecule has 0 unspecified atom stereocenters. The molecule has 0 radical (unpaired) electrons. The standard InChI is InChI=1S/C25H23N7O2/c1-17(33)19-6-4-5-18(13-19)15-32-24(34)10-9-21(29-32)20-14-27-30(16-20)11-12-31-23-8-3-2-7-22(23)28-25(31)26/h2-10,13-14,16H,11-12,15H2,1H3,(H2,26,28). The zero-order chi connectivity index (χ0) is 23.7. The number of aromatic nitrogens is 6. The van der Waals surface area contributed by atoms with Gasteiger partial charge in [-0.3, -0.25) is 14.3 Å². The van der Waals surface area contributed by atoms with Crippen LogP contribution in [0.4, 0.5) is 5.95 Å². The topological polar surface area (TPSA) is 114 Å². The number of ketones is 1. The number of hydrogen-bond donors (Lipinski definition) is 1. The van der Waals surface area contributed by atoms with E-state index in [0.29, 0.717) is 30.3 Å². The molecule has 0 saturated heterocycles. The molecule has 0 fully saturated rings. The van der Waals surface area contributed by atoms with Crippen molar-refractivity contribution in [2.75, 3.05) is 5.73 Å². The maximum absolute atomic E-state index is 12.4. The van der Waals surface area contributed by atoms with E-state index in [9.17, 15) is 9.59 Å². The maximum Gasteiger partial charge on any atom is 0.267 e. The summed E-state index contributed by atoms with van der Waals surface area (Å²) < 4.78 is 5.17. The molecule has 0 saturated carbocycles. The monoisotopic (exact) mass is 453 g/mol. The molecule has 2 N–H and O–H groups in total. The number of rotatable bonds is 7. The summed E-state index contributed by atoms with van der Waals surface area (Å²) in [5.74, 6) is 0.449. The average Bonchev–Trinajstić information content (AvgIpc) is 3.43. The van der Waals surface area contributed by atoms with E-state index in [2.05, 4.69) is 15.2 Å². The summed E-state index contributed by atoms with van der Waals surface area (Å²) in [6, 6.07) is 18.2. The Balaban J connectivity index is 1.35. The average molecular weight is 454 g/mol. The molecule has 0 aliphatic heterocycles. The molecular formula is C25H23N7O2. The SMILES string of the molecule is CC(=O)c1cccc(Cn2nc(-c3cnn(CCn4c(N)nc5ccccc54)c3)ccc2=O)c1. The fraction of sp³-hybridized carbons (Fsp3) is 0.160. The van der Waals surface area contributed by atoms with Crippen LogP contribution in [-0.2, 0) is 19.6 Å². The summed E-state index contributed by atoms with van der Waals surface area (Å²) >= 11 is 0. The normalized spacial score (nSPS) is 11.2. The van der Waals surface area contributed by atoms with Gasteiger partial charge in [0, 0.05) is 29.9 Å². The number of para-hydroxylation sites is 2. The van der Waals surface area contributed by atoms with Crippen LogP contribution in [0.5, 0.6) is 0 Å². The van der Waals surface area contributed by atoms with Crippen molar-refractivity contribution in [2.24, 2.45) is 0 Å². The number of anilines is 1. The van der Waals surface area contributed by atoms with Crippen molar-refractivity contribution in [1.29, 1.82) is 0 Å². The second-order valence-corrected chi connectivity index (χ2v) is 8.07. The zero-order valence-electron chi connectivity index (χ0n) is 18.6. The van der Waals surface area contributed by atoms with Crippen molar-refractivity contribution >= 4 is 22.8 Å². The Bertz CT molecular complexity index is 1560. The summed E-state index contributed by atoms with van der Waals surface area (Å²) in [7, 11) is 0. The Kier molecular flexibility index (Phi) is 5.51. The summed E-state index contributed by atoms with van der Waals surface area (Å²) in [5.41, 5.74) is 10.6. The fourth-order valence-electron chi connectivity index (χ4n) is 3.93. The Morgan fingerprint density at radius 1 is 1.03 bits per heavy atom. The predicted octanol–water partition coefficient (Wildman–Crippen LogP) is 2.99. The van der Waals surface area contributed by atoms with Gasteiger partial charge in [-0.05, 0) is 36.8 Å². The third kappa shape index (κ3) is 4.23. The van der Waals surface area contributed by atoms with E-state index in [1.807, 2.05) is 45.8 Å². The Morgan fingerprint density at radius 3 is 2.74 bits per heavy atom. The summed E-state index contributed by atoms with van der Waals surface area (Å²) in [4.78, 5) is 28.5. The largest absolute Gasteiger partial charge is 0.369 e. The highest BCUT2D eigenvalue weighted by Gasteiger charge is 2.10. The van der Waals surface area contributed by atoms with E-state index in [1.54, 1.807) is 30.5 Å². The van der Waals surface area contributed by atoms with Crippen LogP contribution >= 0.6 is 0 Å². The van der Waals surface area contributed by atoms with E-state index in [1.165, 1.54) is 17.7 Å². The number of carbonyl (C=O) groups excluding carboxylic acids is 1. The molecule has 0 atom stereocenters. The van der Waals surface area contributed by atoms with Crippen LogP contribution in [0.2, 0.25) is 0 Å². The number of benzene rings is 2. The van der Waals surface area contributed by atoms with E-state index in [0.717, 1.165) is 22.2 Å². The van der Waals surface area contributed by atoms with Crippen LogP contribution in [-0.4, -0.2) is 34.9 Å². The molecule has 34 heavy (non-hydrogen) atoms. The molecule has 9 nitrogen and oxygen atoms in total. The minimum absolute atomic E-state index is 0.0197. The van der Waals surface area contributed by atoms with Gasteiger partial charge < -0.3 is 10.3 Å². The first-order valence-electron chi connectivity index (χ1n) is 10.9. The second-order valence-electron chi connectivity index (χ2n) is 8.07. The summed E-state index contributed by atoms with van der Waals surface area (Å²) in [5, 5.41) is 8.97. The summed E-state index contributed by atoms with van der Waals surface area (Å²) in [6.45, 7) is 3.01. The molecule has 0 amide bonds. The van der Waals surface area contributed by atoms with E-state index < -0.39 is 0 Å². The molecular weight excluding hydrogens is 430 g/mol. The molecule has 2 aromatic carbocycles. The molecule has 0 aliphatic carbocycles. The van der Waals surface area contributed by atoms with Gasteiger partial charge in [-0.15, -0.1) is 0 Å². The van der Waals surface area contributed by atoms with Crippen molar-refractivity contribution in [1.82, 2.24) is 29.1 Å². The van der Waals surface area contributed by atoms with E-state index in [-0.39, 0.29) is 17.9 Å². The number of fused-ring (bicyclic) bond motifs is 1. The lowest BCUT2D eigenvalue weighted by molar-refractivity contribution is 0.101. The molecule has 0 bridgehead atoms. The molecule has 9 heteroatoms. The third-order valence-electron chi connectivity index (χ3n) is 5.70. The number of carbonyl (C=O) groups is 1.